The third-order valence-corrected chi connectivity index (χ3v) is 7.30. The average molecular weight is 495 g/mol. The smallest absolute Gasteiger partial charge is 0.250 e. The number of hydrogen-bond donors (Lipinski definition) is 1. The molecule has 0 bridgehead atoms. The van der Waals surface area contributed by atoms with Gasteiger partial charge >= 0.3 is 0 Å². The minimum absolute atomic E-state index is 0.187. The monoisotopic (exact) mass is 494 g/mol. The number of unbranched alkanes of at least 4 members (excludes halogenated alkanes) is 6. The molecule has 0 aliphatic heterocycles. The Morgan fingerprint density at radius 2 is 1.71 bits per heavy atom. The van der Waals surface area contributed by atoms with E-state index in [2.05, 4.69) is 41.5 Å². The van der Waals surface area contributed by atoms with E-state index < -0.39 is 0 Å². The number of aromatic nitrogens is 1. The Hall–Kier alpha value is -2.57. The number of carbonyl (C=O) groups is 1. The van der Waals surface area contributed by atoms with Crippen LogP contribution in [0.2, 0.25) is 0 Å². The van der Waals surface area contributed by atoms with Gasteiger partial charge in [0.05, 0.1) is 12.8 Å². The molecular formula is C28H34N2O2S2. The molecule has 0 aliphatic rings. The van der Waals surface area contributed by atoms with Crippen LogP contribution in [0.4, 0.5) is 5.13 Å². The quantitative estimate of drug-likeness (QED) is 0.139. The normalized spacial score (nSPS) is 11.1. The topological polar surface area (TPSA) is 51.2 Å². The summed E-state index contributed by atoms with van der Waals surface area (Å²) in [5, 5.41) is 5.36. The van der Waals surface area contributed by atoms with Crippen LogP contribution in [0.3, 0.4) is 0 Å². The predicted octanol–water partition coefficient (Wildman–Crippen LogP) is 8.31. The first-order chi connectivity index (χ1) is 16.7. The third-order valence-electron chi connectivity index (χ3n) is 5.44. The summed E-state index contributed by atoms with van der Waals surface area (Å²) < 4.78 is 5.19. The highest BCUT2D eigenvalue weighted by atomic mass is 32.2. The molecule has 1 amide bonds. The van der Waals surface area contributed by atoms with Crippen LogP contribution in [0.1, 0.15) is 57.4 Å². The van der Waals surface area contributed by atoms with Crippen molar-refractivity contribution in [2.45, 2.75) is 56.8 Å². The van der Waals surface area contributed by atoms with E-state index >= 15 is 0 Å². The molecule has 34 heavy (non-hydrogen) atoms. The van der Waals surface area contributed by atoms with Crippen molar-refractivity contribution in [2.24, 2.45) is 0 Å². The molecule has 180 valence electrons. The number of thiazole rings is 1. The maximum Gasteiger partial charge on any atom is 0.250 e. The Morgan fingerprint density at radius 1 is 1.00 bits per heavy atom. The first-order valence-corrected chi connectivity index (χ1v) is 13.9. The molecule has 0 atom stereocenters. The minimum Gasteiger partial charge on any atom is -0.497 e. The first-order valence-electron chi connectivity index (χ1n) is 12.0. The second kappa shape index (κ2) is 14.6. The highest BCUT2D eigenvalue weighted by Crippen LogP contribution is 2.26. The molecule has 6 heteroatoms. The lowest BCUT2D eigenvalue weighted by Gasteiger charge is -2.03. The number of amides is 1. The van der Waals surface area contributed by atoms with E-state index in [1.165, 1.54) is 61.2 Å². The van der Waals surface area contributed by atoms with Crippen LogP contribution < -0.4 is 10.1 Å². The third kappa shape index (κ3) is 8.99. The summed E-state index contributed by atoms with van der Waals surface area (Å²) in [6.07, 6.45) is 12.8. The number of anilines is 1. The number of carbonyl (C=O) groups excluding carboxylic acids is 1. The predicted molar refractivity (Wildman–Crippen MR) is 147 cm³/mol. The van der Waals surface area contributed by atoms with Crippen LogP contribution in [-0.4, -0.2) is 23.8 Å². The van der Waals surface area contributed by atoms with Gasteiger partial charge in [0, 0.05) is 21.9 Å². The highest BCUT2D eigenvalue weighted by molar-refractivity contribution is 7.99. The number of hydrogen-bond acceptors (Lipinski definition) is 5. The van der Waals surface area contributed by atoms with Gasteiger partial charge < -0.3 is 4.74 Å². The van der Waals surface area contributed by atoms with Gasteiger partial charge in [-0.25, -0.2) is 4.98 Å². The zero-order valence-electron chi connectivity index (χ0n) is 20.1. The standard InChI is InChI=1S/C28H34N2O2S2/c1-3-4-5-6-7-8-9-20-33-25-17-10-22(11-18-25)12-19-27(31)30-28-29-26(21-34-28)23-13-15-24(32-2)16-14-23/h10-19,21H,3-9,20H2,1-2H3,(H,29,30,31)/b19-12+. The molecule has 0 aliphatic carbocycles. The summed E-state index contributed by atoms with van der Waals surface area (Å²) in [6.45, 7) is 2.26. The summed E-state index contributed by atoms with van der Waals surface area (Å²) in [5.74, 6) is 1.78. The Morgan fingerprint density at radius 3 is 2.41 bits per heavy atom. The number of nitrogens with one attached hydrogen (secondary N) is 1. The van der Waals surface area contributed by atoms with Gasteiger partial charge in [0.15, 0.2) is 5.13 Å². The molecule has 4 nitrogen and oxygen atoms in total. The van der Waals surface area contributed by atoms with E-state index in [0.29, 0.717) is 5.13 Å². The van der Waals surface area contributed by atoms with Crippen LogP contribution in [0.25, 0.3) is 17.3 Å². The average Bonchev–Trinajstić information content (AvgIpc) is 3.33. The van der Waals surface area contributed by atoms with Gasteiger partial charge in [-0.15, -0.1) is 23.1 Å². The van der Waals surface area contributed by atoms with Gasteiger partial charge in [-0.2, -0.15) is 0 Å². The SMILES string of the molecule is CCCCCCCCCSc1ccc(/C=C/C(=O)Nc2nc(-c3ccc(OC)cc3)cs2)cc1. The minimum atomic E-state index is -0.187. The van der Waals surface area contributed by atoms with Gasteiger partial charge in [-0.05, 0) is 60.2 Å². The maximum absolute atomic E-state index is 12.3. The van der Waals surface area contributed by atoms with E-state index in [1.54, 1.807) is 13.2 Å². The molecule has 0 spiro atoms. The second-order valence-electron chi connectivity index (χ2n) is 8.13. The summed E-state index contributed by atoms with van der Waals surface area (Å²) in [6, 6.07) is 16.1. The van der Waals surface area contributed by atoms with Crippen LogP contribution >= 0.6 is 23.1 Å². The lowest BCUT2D eigenvalue weighted by molar-refractivity contribution is -0.111. The summed E-state index contributed by atoms with van der Waals surface area (Å²) in [7, 11) is 1.64. The fourth-order valence-electron chi connectivity index (χ4n) is 3.47. The molecule has 0 saturated carbocycles. The first kappa shape index (κ1) is 26.0. The maximum atomic E-state index is 12.3. The Labute approximate surface area is 211 Å². The van der Waals surface area contributed by atoms with Crippen molar-refractivity contribution < 1.29 is 9.53 Å². The number of rotatable bonds is 14. The molecule has 3 aromatic rings. The molecule has 0 unspecified atom stereocenters. The van der Waals surface area contributed by atoms with Gasteiger partial charge in [-0.1, -0.05) is 57.6 Å². The van der Waals surface area contributed by atoms with E-state index in [-0.39, 0.29) is 5.91 Å². The van der Waals surface area contributed by atoms with Crippen molar-refractivity contribution in [1.82, 2.24) is 4.98 Å². The molecule has 1 heterocycles. The van der Waals surface area contributed by atoms with E-state index in [4.69, 9.17) is 4.74 Å². The van der Waals surface area contributed by atoms with Gasteiger partial charge in [-0.3, -0.25) is 10.1 Å². The number of nitrogens with zero attached hydrogens (tertiary/aromatic N) is 1. The number of benzene rings is 2. The second-order valence-corrected chi connectivity index (χ2v) is 10.2. The fraction of sp³-hybridized carbons (Fsp3) is 0.357. The van der Waals surface area contributed by atoms with Gasteiger partial charge in [0.25, 0.3) is 0 Å². The summed E-state index contributed by atoms with van der Waals surface area (Å²) >= 11 is 3.32. The molecule has 2 aromatic carbocycles. The van der Waals surface area contributed by atoms with E-state index in [1.807, 2.05) is 47.5 Å². The highest BCUT2D eigenvalue weighted by Gasteiger charge is 2.07. The number of thioether (sulfide) groups is 1. The van der Waals surface area contributed by atoms with Gasteiger partial charge in [0.2, 0.25) is 5.91 Å². The molecule has 1 aromatic heterocycles. The number of ether oxygens (including phenoxy) is 1. The molecule has 0 fully saturated rings. The van der Waals surface area contributed by atoms with Crippen molar-refractivity contribution >= 4 is 40.2 Å². The Bertz CT molecular complexity index is 1030. The van der Waals surface area contributed by atoms with Gasteiger partial charge in [0.1, 0.15) is 5.75 Å². The van der Waals surface area contributed by atoms with Crippen LogP contribution in [0.15, 0.2) is 64.9 Å². The molecule has 0 saturated heterocycles. The summed E-state index contributed by atoms with van der Waals surface area (Å²) in [5.41, 5.74) is 2.82. The van der Waals surface area contributed by atoms with Crippen molar-refractivity contribution in [3.05, 3.63) is 65.6 Å². The van der Waals surface area contributed by atoms with Crippen molar-refractivity contribution in [2.75, 3.05) is 18.2 Å². The van der Waals surface area contributed by atoms with Crippen molar-refractivity contribution in [1.29, 1.82) is 0 Å². The fourth-order valence-corrected chi connectivity index (χ4v) is 5.10. The Balaban J connectivity index is 1.39. The lowest BCUT2D eigenvalue weighted by Crippen LogP contribution is -2.07. The zero-order valence-corrected chi connectivity index (χ0v) is 21.7. The zero-order chi connectivity index (χ0) is 24.0. The van der Waals surface area contributed by atoms with Crippen LogP contribution in [-0.2, 0) is 4.79 Å². The lowest BCUT2D eigenvalue weighted by atomic mass is 10.1. The summed E-state index contributed by atoms with van der Waals surface area (Å²) in [4.78, 5) is 18.1. The van der Waals surface area contributed by atoms with E-state index in [9.17, 15) is 4.79 Å². The largest absolute Gasteiger partial charge is 0.497 e. The Kier molecular flexibility index (Phi) is 11.2. The molecule has 3 rings (SSSR count). The van der Waals surface area contributed by atoms with Crippen LogP contribution in [0, 0.1) is 0 Å². The van der Waals surface area contributed by atoms with Crippen LogP contribution in [0.5, 0.6) is 5.75 Å². The number of methoxy groups -OCH3 is 1. The van der Waals surface area contributed by atoms with E-state index in [0.717, 1.165) is 28.3 Å². The molecule has 0 radical (unpaired) electrons. The molecular weight excluding hydrogens is 460 g/mol. The van der Waals surface area contributed by atoms with Crippen molar-refractivity contribution in [3.63, 3.8) is 0 Å². The van der Waals surface area contributed by atoms with Crippen molar-refractivity contribution in [3.8, 4) is 17.0 Å². The molecule has 1 N–H and O–H groups in total.